The third-order valence-corrected chi connectivity index (χ3v) is 5.30. The Balaban J connectivity index is 1.30. The number of hydrazone groups is 1. The molecule has 0 atom stereocenters. The lowest BCUT2D eigenvalue weighted by atomic mass is 10.1. The summed E-state index contributed by atoms with van der Waals surface area (Å²) in [7, 11) is 0. The first-order valence-electron chi connectivity index (χ1n) is 10.9. The predicted molar refractivity (Wildman–Crippen MR) is 133 cm³/mol. The highest BCUT2D eigenvalue weighted by Gasteiger charge is 2.08. The monoisotopic (exact) mass is 436 g/mol. The molecule has 0 saturated heterocycles. The zero-order valence-corrected chi connectivity index (χ0v) is 18.3. The number of nitrogens with one attached hydrogen (secondary N) is 2. The van der Waals surface area contributed by atoms with Crippen LogP contribution < -0.4 is 14.9 Å². The lowest BCUT2D eigenvalue weighted by Crippen LogP contribution is -2.01. The maximum Gasteiger partial charge on any atom is 0.222 e. The van der Waals surface area contributed by atoms with Gasteiger partial charge in [-0.3, -0.25) is 0 Å². The summed E-state index contributed by atoms with van der Waals surface area (Å²) in [5.74, 6) is 1.98. The molecule has 0 aliphatic rings. The van der Waals surface area contributed by atoms with Gasteiger partial charge in [0.25, 0.3) is 0 Å². The van der Waals surface area contributed by atoms with Crippen LogP contribution in [-0.4, -0.2) is 22.8 Å². The molecule has 0 aliphatic carbocycles. The lowest BCUT2D eigenvalue weighted by Gasteiger charge is -2.13. The van der Waals surface area contributed by atoms with Crippen molar-refractivity contribution in [3.05, 3.63) is 96.1 Å². The Hall–Kier alpha value is -4.32. The highest BCUT2D eigenvalue weighted by atomic mass is 16.5. The molecule has 0 unspecified atom stereocenters. The predicted octanol–water partition coefficient (Wildman–Crippen LogP) is 6.14. The first-order valence-corrected chi connectivity index (χ1v) is 10.9. The molecule has 0 bridgehead atoms. The minimum absolute atomic E-state index is 0.461. The van der Waals surface area contributed by atoms with E-state index in [9.17, 15) is 0 Å². The normalized spacial score (nSPS) is 11.3. The van der Waals surface area contributed by atoms with Gasteiger partial charge in [-0.25, -0.2) is 10.4 Å². The van der Waals surface area contributed by atoms with Crippen LogP contribution in [0.15, 0.2) is 90.0 Å². The van der Waals surface area contributed by atoms with Crippen LogP contribution in [0.4, 0.5) is 5.95 Å². The SMILES string of the molecule is CCOc1cc(C=NNc2nc3ccccc3[nH]2)ccc1OCc1cccc2ccccc12. The van der Waals surface area contributed by atoms with Gasteiger partial charge in [0, 0.05) is 0 Å². The molecule has 0 saturated carbocycles. The number of hydrogen-bond donors (Lipinski definition) is 2. The van der Waals surface area contributed by atoms with Crippen LogP contribution in [0.25, 0.3) is 21.8 Å². The van der Waals surface area contributed by atoms with Crippen molar-refractivity contribution in [3.63, 3.8) is 0 Å². The van der Waals surface area contributed by atoms with Gasteiger partial charge in [-0.2, -0.15) is 5.10 Å². The van der Waals surface area contributed by atoms with Crippen LogP contribution in [0.5, 0.6) is 11.5 Å². The van der Waals surface area contributed by atoms with Crippen LogP contribution in [0.3, 0.4) is 0 Å². The molecule has 0 radical (unpaired) electrons. The Kier molecular flexibility index (Phi) is 5.89. The largest absolute Gasteiger partial charge is 0.490 e. The molecule has 0 spiro atoms. The van der Waals surface area contributed by atoms with Crippen LogP contribution in [0.1, 0.15) is 18.1 Å². The summed E-state index contributed by atoms with van der Waals surface area (Å²) >= 11 is 0. The first kappa shape index (κ1) is 20.6. The number of rotatable bonds is 8. The number of aromatic nitrogens is 2. The third kappa shape index (κ3) is 4.65. The molecule has 4 aromatic carbocycles. The number of imidazole rings is 1. The highest BCUT2D eigenvalue weighted by Crippen LogP contribution is 2.30. The van der Waals surface area contributed by atoms with Crippen LogP contribution >= 0.6 is 0 Å². The average Bonchev–Trinajstić information content (AvgIpc) is 3.26. The summed E-state index contributed by atoms with van der Waals surface area (Å²) in [5, 5.41) is 6.69. The maximum atomic E-state index is 6.15. The van der Waals surface area contributed by atoms with E-state index < -0.39 is 0 Å². The van der Waals surface area contributed by atoms with E-state index in [0.29, 0.717) is 30.7 Å². The van der Waals surface area contributed by atoms with Crippen molar-refractivity contribution in [1.82, 2.24) is 9.97 Å². The van der Waals surface area contributed by atoms with E-state index >= 15 is 0 Å². The van der Waals surface area contributed by atoms with Crippen molar-refractivity contribution in [3.8, 4) is 11.5 Å². The molecule has 2 N–H and O–H groups in total. The number of hydrogen-bond acceptors (Lipinski definition) is 5. The fraction of sp³-hybridized carbons (Fsp3) is 0.111. The Morgan fingerprint density at radius 3 is 2.67 bits per heavy atom. The minimum atomic E-state index is 0.461. The number of anilines is 1. The zero-order chi connectivity index (χ0) is 22.5. The lowest BCUT2D eigenvalue weighted by molar-refractivity contribution is 0.270. The summed E-state index contributed by atoms with van der Waals surface area (Å²) in [5.41, 5.74) is 6.82. The third-order valence-electron chi connectivity index (χ3n) is 5.30. The van der Waals surface area contributed by atoms with Crippen molar-refractivity contribution in [2.45, 2.75) is 13.5 Å². The van der Waals surface area contributed by atoms with Crippen molar-refractivity contribution in [2.75, 3.05) is 12.0 Å². The van der Waals surface area contributed by atoms with Gasteiger partial charge in [0.1, 0.15) is 6.61 Å². The number of benzene rings is 4. The van der Waals surface area contributed by atoms with Gasteiger partial charge in [0.15, 0.2) is 11.5 Å². The minimum Gasteiger partial charge on any atom is -0.490 e. The van der Waals surface area contributed by atoms with Crippen molar-refractivity contribution in [1.29, 1.82) is 0 Å². The number of aromatic amines is 1. The Labute approximate surface area is 191 Å². The molecule has 6 nitrogen and oxygen atoms in total. The van der Waals surface area contributed by atoms with Gasteiger partial charge in [0.2, 0.25) is 5.95 Å². The number of para-hydroxylation sites is 2. The molecule has 0 aliphatic heterocycles. The standard InChI is InChI=1S/C27H24N4O2/c1-2-32-26-16-19(17-28-31-27-29-23-12-5-6-13-24(23)30-27)14-15-25(26)33-18-21-10-7-9-20-8-3-4-11-22(20)21/h3-17H,2,18H2,1H3,(H2,29,30,31). The summed E-state index contributed by atoms with van der Waals surface area (Å²) < 4.78 is 12.0. The Morgan fingerprint density at radius 2 is 1.76 bits per heavy atom. The molecule has 1 heterocycles. The summed E-state index contributed by atoms with van der Waals surface area (Å²) in [6.07, 6.45) is 1.73. The van der Waals surface area contributed by atoms with E-state index in [-0.39, 0.29) is 0 Å². The second kappa shape index (κ2) is 9.44. The van der Waals surface area contributed by atoms with Gasteiger partial charge in [0.05, 0.1) is 23.9 Å². The second-order valence-electron chi connectivity index (χ2n) is 7.54. The van der Waals surface area contributed by atoms with Gasteiger partial charge in [-0.1, -0.05) is 54.6 Å². The van der Waals surface area contributed by atoms with E-state index in [1.165, 1.54) is 10.8 Å². The van der Waals surface area contributed by atoms with Crippen molar-refractivity contribution in [2.24, 2.45) is 5.10 Å². The molecule has 33 heavy (non-hydrogen) atoms. The molecule has 5 rings (SSSR count). The van der Waals surface area contributed by atoms with E-state index in [2.05, 4.69) is 50.8 Å². The van der Waals surface area contributed by atoms with E-state index in [0.717, 1.165) is 22.2 Å². The summed E-state index contributed by atoms with van der Waals surface area (Å²) in [4.78, 5) is 7.64. The van der Waals surface area contributed by atoms with E-state index in [1.807, 2.05) is 61.5 Å². The van der Waals surface area contributed by atoms with Gasteiger partial charge in [-0.05, 0) is 59.2 Å². The van der Waals surface area contributed by atoms with Crippen LogP contribution in [0, 0.1) is 0 Å². The average molecular weight is 437 g/mol. The van der Waals surface area contributed by atoms with Gasteiger partial charge in [-0.15, -0.1) is 0 Å². The molecule has 0 amide bonds. The molecular formula is C27H24N4O2. The summed E-state index contributed by atoms with van der Waals surface area (Å²) in [6.45, 7) is 2.96. The molecule has 1 aromatic heterocycles. The number of nitrogens with zero attached hydrogens (tertiary/aromatic N) is 2. The number of H-pyrrole nitrogens is 1. The fourth-order valence-corrected chi connectivity index (χ4v) is 3.74. The maximum absolute atomic E-state index is 6.15. The number of fused-ring (bicyclic) bond motifs is 2. The highest BCUT2D eigenvalue weighted by molar-refractivity contribution is 5.85. The molecule has 0 fully saturated rings. The quantitative estimate of drug-likeness (QED) is 0.226. The first-order chi connectivity index (χ1) is 16.3. The van der Waals surface area contributed by atoms with Crippen molar-refractivity contribution >= 4 is 34.0 Å². The molecule has 5 aromatic rings. The Bertz CT molecular complexity index is 1390. The smallest absolute Gasteiger partial charge is 0.222 e. The number of ether oxygens (including phenoxy) is 2. The zero-order valence-electron chi connectivity index (χ0n) is 18.3. The second-order valence-corrected chi connectivity index (χ2v) is 7.54. The summed E-state index contributed by atoms with van der Waals surface area (Å²) in [6, 6.07) is 28.2. The van der Waals surface area contributed by atoms with Crippen molar-refractivity contribution < 1.29 is 9.47 Å². The van der Waals surface area contributed by atoms with Gasteiger partial charge < -0.3 is 14.5 Å². The van der Waals surface area contributed by atoms with Crippen LogP contribution in [0.2, 0.25) is 0 Å². The van der Waals surface area contributed by atoms with Gasteiger partial charge >= 0.3 is 0 Å². The Morgan fingerprint density at radius 1 is 0.909 bits per heavy atom. The van der Waals surface area contributed by atoms with E-state index in [1.54, 1.807) is 6.21 Å². The van der Waals surface area contributed by atoms with E-state index in [4.69, 9.17) is 9.47 Å². The molecule has 6 heteroatoms. The van der Waals surface area contributed by atoms with Crippen LogP contribution in [-0.2, 0) is 6.61 Å². The topological polar surface area (TPSA) is 71.5 Å². The molecule has 164 valence electrons. The molecular weight excluding hydrogens is 412 g/mol. The fourth-order valence-electron chi connectivity index (χ4n) is 3.74.